The molecule has 16 heavy (non-hydrogen) atoms. The molecule has 1 nitrogen and oxygen atoms in total. The van der Waals surface area contributed by atoms with Crippen molar-refractivity contribution in [3.63, 3.8) is 0 Å². The Morgan fingerprint density at radius 3 is 2.94 bits per heavy atom. The number of para-hydroxylation sites is 1. The van der Waals surface area contributed by atoms with E-state index in [0.717, 1.165) is 18.3 Å². The summed E-state index contributed by atoms with van der Waals surface area (Å²) in [6.07, 6.45) is 4.94. The van der Waals surface area contributed by atoms with Gasteiger partial charge in [0.1, 0.15) is 5.75 Å². The third-order valence-electron chi connectivity index (χ3n) is 3.89. The maximum Gasteiger partial charge on any atom is 0.122 e. The van der Waals surface area contributed by atoms with Gasteiger partial charge in [-0.15, -0.1) is 11.6 Å². The van der Waals surface area contributed by atoms with Crippen molar-refractivity contribution in [2.24, 2.45) is 5.92 Å². The first-order valence-corrected chi connectivity index (χ1v) is 6.62. The van der Waals surface area contributed by atoms with E-state index in [9.17, 15) is 0 Å². The Kier molecular flexibility index (Phi) is 2.81. The molecule has 1 aliphatic carbocycles. The molecule has 1 aliphatic heterocycles. The predicted octanol–water partition coefficient (Wildman–Crippen LogP) is 3.96. The Balaban J connectivity index is 1.69. The quantitative estimate of drug-likeness (QED) is 0.707. The Hall–Kier alpha value is -0.690. The third kappa shape index (κ3) is 1.93. The normalized spacial score (nSPS) is 32.4. The molecule has 0 N–H and O–H groups in total. The van der Waals surface area contributed by atoms with Crippen molar-refractivity contribution < 1.29 is 4.74 Å². The van der Waals surface area contributed by atoms with Gasteiger partial charge in [0.2, 0.25) is 0 Å². The number of fused-ring (bicyclic) bond motifs is 1. The SMILES string of the molecule is ClC1CCC(CC2COc3ccccc32)C1. The first-order valence-electron chi connectivity index (χ1n) is 6.18. The smallest absolute Gasteiger partial charge is 0.122 e. The zero-order valence-electron chi connectivity index (χ0n) is 9.36. The van der Waals surface area contributed by atoms with E-state index in [1.807, 2.05) is 6.07 Å². The van der Waals surface area contributed by atoms with E-state index in [-0.39, 0.29) is 0 Å². The van der Waals surface area contributed by atoms with Crippen LogP contribution < -0.4 is 4.74 Å². The van der Waals surface area contributed by atoms with Crippen LogP contribution in [0.4, 0.5) is 0 Å². The summed E-state index contributed by atoms with van der Waals surface area (Å²) in [7, 11) is 0. The van der Waals surface area contributed by atoms with Gasteiger partial charge in [-0.05, 0) is 37.7 Å². The fraction of sp³-hybridized carbons (Fsp3) is 0.571. The number of benzene rings is 1. The lowest BCUT2D eigenvalue weighted by Gasteiger charge is -2.14. The van der Waals surface area contributed by atoms with Gasteiger partial charge in [-0.3, -0.25) is 0 Å². The van der Waals surface area contributed by atoms with E-state index < -0.39 is 0 Å². The fourth-order valence-electron chi connectivity index (χ4n) is 3.05. The maximum absolute atomic E-state index is 6.16. The van der Waals surface area contributed by atoms with Gasteiger partial charge in [0, 0.05) is 16.9 Å². The number of ether oxygens (including phenoxy) is 1. The Bertz CT molecular complexity index is 377. The van der Waals surface area contributed by atoms with Crippen LogP contribution in [0.5, 0.6) is 5.75 Å². The molecular weight excluding hydrogens is 220 g/mol. The van der Waals surface area contributed by atoms with Crippen LogP contribution in [0.15, 0.2) is 24.3 Å². The van der Waals surface area contributed by atoms with Gasteiger partial charge in [0.15, 0.2) is 0 Å². The Labute approximate surface area is 102 Å². The van der Waals surface area contributed by atoms with Crippen LogP contribution >= 0.6 is 11.6 Å². The molecule has 0 amide bonds. The average molecular weight is 237 g/mol. The number of hydrogen-bond acceptors (Lipinski definition) is 1. The van der Waals surface area contributed by atoms with Crippen LogP contribution in [0.25, 0.3) is 0 Å². The summed E-state index contributed by atoms with van der Waals surface area (Å²) >= 11 is 6.16. The summed E-state index contributed by atoms with van der Waals surface area (Å²) in [6.45, 7) is 0.864. The molecule has 1 heterocycles. The highest BCUT2D eigenvalue weighted by molar-refractivity contribution is 6.20. The van der Waals surface area contributed by atoms with Crippen molar-refractivity contribution in [3.8, 4) is 5.75 Å². The van der Waals surface area contributed by atoms with Crippen molar-refractivity contribution in [1.29, 1.82) is 0 Å². The van der Waals surface area contributed by atoms with E-state index in [1.165, 1.54) is 31.2 Å². The minimum absolute atomic E-state index is 0.419. The topological polar surface area (TPSA) is 9.23 Å². The summed E-state index contributed by atoms with van der Waals surface area (Å²) in [5.74, 6) is 2.50. The predicted molar refractivity (Wildman–Crippen MR) is 66.3 cm³/mol. The minimum atomic E-state index is 0.419. The fourth-order valence-corrected chi connectivity index (χ4v) is 3.43. The molecule has 1 aromatic carbocycles. The molecule has 0 radical (unpaired) electrons. The average Bonchev–Trinajstić information content (AvgIpc) is 2.87. The van der Waals surface area contributed by atoms with E-state index in [4.69, 9.17) is 16.3 Å². The van der Waals surface area contributed by atoms with Gasteiger partial charge in [0.05, 0.1) is 6.61 Å². The Morgan fingerprint density at radius 1 is 1.25 bits per heavy atom. The van der Waals surface area contributed by atoms with Crippen molar-refractivity contribution in [1.82, 2.24) is 0 Å². The zero-order valence-corrected chi connectivity index (χ0v) is 10.1. The highest BCUT2D eigenvalue weighted by atomic mass is 35.5. The molecule has 2 aliphatic rings. The molecule has 86 valence electrons. The van der Waals surface area contributed by atoms with Crippen LogP contribution in [0.2, 0.25) is 0 Å². The molecule has 1 fully saturated rings. The van der Waals surface area contributed by atoms with Gasteiger partial charge < -0.3 is 4.74 Å². The number of alkyl halides is 1. The van der Waals surface area contributed by atoms with E-state index >= 15 is 0 Å². The first-order chi connectivity index (χ1) is 7.83. The molecule has 2 heteroatoms. The molecule has 3 rings (SSSR count). The minimum Gasteiger partial charge on any atom is -0.493 e. The van der Waals surface area contributed by atoms with Gasteiger partial charge in [0.25, 0.3) is 0 Å². The van der Waals surface area contributed by atoms with Crippen molar-refractivity contribution in [2.75, 3.05) is 6.61 Å². The van der Waals surface area contributed by atoms with E-state index in [0.29, 0.717) is 11.3 Å². The van der Waals surface area contributed by atoms with E-state index in [1.54, 1.807) is 0 Å². The molecule has 0 spiro atoms. The molecule has 1 saturated carbocycles. The third-order valence-corrected chi connectivity index (χ3v) is 4.29. The lowest BCUT2D eigenvalue weighted by Crippen LogP contribution is -2.07. The molecular formula is C14H17ClO. The first kappa shape index (κ1) is 10.5. The molecule has 0 bridgehead atoms. The van der Waals surface area contributed by atoms with Crippen molar-refractivity contribution in [2.45, 2.75) is 37.0 Å². The zero-order chi connectivity index (χ0) is 11.0. The molecule has 1 aromatic rings. The molecule has 3 unspecified atom stereocenters. The summed E-state index contributed by atoms with van der Waals surface area (Å²) < 4.78 is 5.72. The monoisotopic (exact) mass is 236 g/mol. The standard InChI is InChI=1S/C14H17ClO/c15-12-6-5-10(8-12)7-11-9-16-14-4-2-1-3-13(11)14/h1-4,10-12H,5-9H2. The second-order valence-corrected chi connectivity index (χ2v) is 5.68. The van der Waals surface area contributed by atoms with Gasteiger partial charge in [-0.1, -0.05) is 18.2 Å². The number of rotatable bonds is 2. The Morgan fingerprint density at radius 2 is 2.12 bits per heavy atom. The van der Waals surface area contributed by atoms with Crippen LogP contribution in [0.1, 0.15) is 37.2 Å². The number of hydrogen-bond donors (Lipinski definition) is 0. The van der Waals surface area contributed by atoms with Crippen molar-refractivity contribution in [3.05, 3.63) is 29.8 Å². The van der Waals surface area contributed by atoms with Crippen LogP contribution in [-0.2, 0) is 0 Å². The van der Waals surface area contributed by atoms with Crippen LogP contribution in [-0.4, -0.2) is 12.0 Å². The van der Waals surface area contributed by atoms with Crippen LogP contribution in [0, 0.1) is 5.92 Å². The summed E-state index contributed by atoms with van der Waals surface area (Å²) in [6, 6.07) is 8.44. The maximum atomic E-state index is 6.16. The van der Waals surface area contributed by atoms with Gasteiger partial charge in [-0.25, -0.2) is 0 Å². The summed E-state index contributed by atoms with van der Waals surface area (Å²) in [5.41, 5.74) is 1.40. The van der Waals surface area contributed by atoms with Crippen LogP contribution in [0.3, 0.4) is 0 Å². The lowest BCUT2D eigenvalue weighted by molar-refractivity contribution is 0.307. The molecule has 3 atom stereocenters. The van der Waals surface area contributed by atoms with Crippen molar-refractivity contribution >= 4 is 11.6 Å². The highest BCUT2D eigenvalue weighted by Crippen LogP contribution is 2.41. The van der Waals surface area contributed by atoms with Gasteiger partial charge in [-0.2, -0.15) is 0 Å². The molecule has 0 aromatic heterocycles. The van der Waals surface area contributed by atoms with E-state index in [2.05, 4.69) is 18.2 Å². The summed E-state index contributed by atoms with van der Waals surface area (Å²) in [5, 5.41) is 0.419. The summed E-state index contributed by atoms with van der Waals surface area (Å²) in [4.78, 5) is 0. The molecule has 0 saturated heterocycles. The number of halogens is 1. The lowest BCUT2D eigenvalue weighted by atomic mass is 9.89. The van der Waals surface area contributed by atoms with Gasteiger partial charge >= 0.3 is 0 Å². The highest BCUT2D eigenvalue weighted by Gasteiger charge is 2.30. The second-order valence-electron chi connectivity index (χ2n) is 5.06. The largest absolute Gasteiger partial charge is 0.493 e. The second kappa shape index (κ2) is 4.29.